The van der Waals surface area contributed by atoms with Crippen LogP contribution in [0.25, 0.3) is 11.3 Å². The molecule has 0 aliphatic carbocycles. The van der Waals surface area contributed by atoms with Crippen LogP contribution in [0.1, 0.15) is 21.6 Å². The molecule has 13 heteroatoms. The molecule has 150 valence electrons. The zero-order valence-corrected chi connectivity index (χ0v) is 15.8. The van der Waals surface area contributed by atoms with Crippen molar-refractivity contribution >= 4 is 25.6 Å². The van der Waals surface area contributed by atoms with Gasteiger partial charge in [0, 0.05) is 11.1 Å². The maximum atomic E-state index is 11.4. The maximum absolute atomic E-state index is 11.4. The summed E-state index contributed by atoms with van der Waals surface area (Å²) in [6.45, 7) is 0.750. The third-order valence-corrected chi connectivity index (χ3v) is 4.27. The molecule has 3 aromatic rings. The zero-order valence-electron chi connectivity index (χ0n) is 14.9. The highest BCUT2D eigenvalue weighted by Crippen LogP contribution is 2.40. The van der Waals surface area contributed by atoms with E-state index in [0.29, 0.717) is 17.7 Å². The van der Waals surface area contributed by atoms with E-state index >= 15 is 0 Å². The van der Waals surface area contributed by atoms with Crippen molar-refractivity contribution in [1.29, 1.82) is 0 Å². The molecule has 2 heterocycles. The number of pyridine rings is 1. The Balaban J connectivity index is 1.93. The van der Waals surface area contributed by atoms with Crippen molar-refractivity contribution in [3.05, 3.63) is 47.3 Å². The van der Waals surface area contributed by atoms with Crippen LogP contribution in [-0.4, -0.2) is 41.6 Å². The number of carbonyl (C=O) groups is 1. The number of aldehydes is 1. The number of aryl methyl sites for hydroxylation is 1. The van der Waals surface area contributed by atoms with Gasteiger partial charge in [-0.15, -0.1) is 10.2 Å². The molecule has 0 radical (unpaired) electrons. The number of aromatic amines is 1. The van der Waals surface area contributed by atoms with Crippen LogP contribution >= 0.6 is 7.82 Å². The maximum Gasteiger partial charge on any atom is 0.469 e. The molecule has 0 amide bonds. The van der Waals surface area contributed by atoms with Crippen LogP contribution in [0.2, 0.25) is 0 Å². The highest BCUT2D eigenvalue weighted by molar-refractivity contribution is 7.46. The fraction of sp³-hybridized carbons (Fsp3) is 0.125. The summed E-state index contributed by atoms with van der Waals surface area (Å²) in [5.74, 6) is -0.545. The number of nitrogens with one attached hydrogen (secondary N) is 1. The Morgan fingerprint density at radius 1 is 1.24 bits per heavy atom. The lowest BCUT2D eigenvalue weighted by Crippen LogP contribution is -2.01. The molecule has 0 aliphatic heterocycles. The number of azo groups is 1. The van der Waals surface area contributed by atoms with Gasteiger partial charge in [-0.05, 0) is 19.1 Å². The highest BCUT2D eigenvalue weighted by Gasteiger charge is 2.21. The van der Waals surface area contributed by atoms with Crippen LogP contribution in [0, 0.1) is 6.92 Å². The Kier molecular flexibility index (Phi) is 5.89. The number of H-pyrrole nitrogens is 1. The fourth-order valence-electron chi connectivity index (χ4n) is 2.38. The van der Waals surface area contributed by atoms with Gasteiger partial charge in [0.15, 0.2) is 12.1 Å². The van der Waals surface area contributed by atoms with Crippen LogP contribution in [0.5, 0.6) is 5.75 Å². The Morgan fingerprint density at radius 3 is 2.55 bits per heavy atom. The van der Waals surface area contributed by atoms with E-state index in [-0.39, 0.29) is 22.6 Å². The van der Waals surface area contributed by atoms with Gasteiger partial charge in [0.1, 0.15) is 11.4 Å². The largest absolute Gasteiger partial charge is 0.505 e. The summed E-state index contributed by atoms with van der Waals surface area (Å²) in [7, 11) is -4.83. The first kappa shape index (κ1) is 20.4. The summed E-state index contributed by atoms with van der Waals surface area (Å²) >= 11 is 0. The standard InChI is InChI=1S/C16H15N6O6P/c1-9-15(24)12(7-23)13(8-28-29(25,26)27)16(18-9)21-19-11-4-2-10(3-5-11)14-6-17-22-20-14/h2-7,24H,8H2,1H3,(H,17,20,22)(H2,25,26,27). The number of hydrogen-bond donors (Lipinski definition) is 4. The van der Waals surface area contributed by atoms with Crippen LogP contribution in [0.3, 0.4) is 0 Å². The van der Waals surface area contributed by atoms with E-state index < -0.39 is 20.2 Å². The van der Waals surface area contributed by atoms with Gasteiger partial charge < -0.3 is 14.9 Å². The first-order chi connectivity index (χ1) is 13.8. The van der Waals surface area contributed by atoms with Crippen molar-refractivity contribution in [3.63, 3.8) is 0 Å². The van der Waals surface area contributed by atoms with Crippen molar-refractivity contribution in [1.82, 2.24) is 20.4 Å². The molecular weight excluding hydrogens is 403 g/mol. The summed E-state index contributed by atoms with van der Waals surface area (Å²) in [4.78, 5) is 33.3. The fourth-order valence-corrected chi connectivity index (χ4v) is 2.68. The van der Waals surface area contributed by atoms with E-state index in [1.165, 1.54) is 6.92 Å². The van der Waals surface area contributed by atoms with Gasteiger partial charge in [0.25, 0.3) is 0 Å². The first-order valence-corrected chi connectivity index (χ1v) is 9.57. The monoisotopic (exact) mass is 418 g/mol. The van der Waals surface area contributed by atoms with E-state index in [1.54, 1.807) is 30.5 Å². The van der Waals surface area contributed by atoms with Crippen LogP contribution < -0.4 is 0 Å². The van der Waals surface area contributed by atoms with Gasteiger partial charge in [-0.2, -0.15) is 15.4 Å². The minimum atomic E-state index is -4.83. The molecule has 0 unspecified atom stereocenters. The van der Waals surface area contributed by atoms with E-state index in [2.05, 4.69) is 35.1 Å². The molecule has 0 fully saturated rings. The summed E-state index contributed by atoms with van der Waals surface area (Å²) in [6.07, 6.45) is 1.89. The normalized spacial score (nSPS) is 11.8. The number of hydrogen-bond acceptors (Lipinski definition) is 9. The molecule has 3 rings (SSSR count). The number of nitrogens with zero attached hydrogens (tertiary/aromatic N) is 5. The predicted octanol–water partition coefficient (Wildman–Crippen LogP) is 2.72. The van der Waals surface area contributed by atoms with Crippen molar-refractivity contribution in [2.24, 2.45) is 10.2 Å². The van der Waals surface area contributed by atoms with Crippen LogP contribution in [0.4, 0.5) is 11.5 Å². The average molecular weight is 418 g/mol. The lowest BCUT2D eigenvalue weighted by molar-refractivity contribution is 0.111. The predicted molar refractivity (Wildman–Crippen MR) is 98.9 cm³/mol. The van der Waals surface area contributed by atoms with E-state index in [4.69, 9.17) is 9.79 Å². The smallest absolute Gasteiger partial charge is 0.469 e. The minimum absolute atomic E-state index is 0.0994. The number of carbonyl (C=O) groups excluding carboxylic acids is 1. The van der Waals surface area contributed by atoms with Gasteiger partial charge in [-0.25, -0.2) is 9.55 Å². The van der Waals surface area contributed by atoms with Crippen LogP contribution in [0.15, 0.2) is 40.7 Å². The molecule has 2 aromatic heterocycles. The second-order valence-corrected chi connectivity index (χ2v) is 6.98. The van der Waals surface area contributed by atoms with Crippen LogP contribution in [-0.2, 0) is 15.7 Å². The minimum Gasteiger partial charge on any atom is -0.505 e. The molecule has 29 heavy (non-hydrogen) atoms. The molecule has 0 saturated carbocycles. The second kappa shape index (κ2) is 8.37. The molecule has 0 bridgehead atoms. The molecule has 0 atom stereocenters. The second-order valence-electron chi connectivity index (χ2n) is 5.75. The lowest BCUT2D eigenvalue weighted by Gasteiger charge is -2.12. The van der Waals surface area contributed by atoms with E-state index in [0.717, 1.165) is 5.56 Å². The third kappa shape index (κ3) is 4.95. The number of aromatic nitrogens is 4. The number of rotatable bonds is 7. The van der Waals surface area contributed by atoms with Gasteiger partial charge in [-0.1, -0.05) is 12.1 Å². The van der Waals surface area contributed by atoms with E-state index in [1.807, 2.05) is 0 Å². The van der Waals surface area contributed by atoms with Gasteiger partial charge >= 0.3 is 7.82 Å². The van der Waals surface area contributed by atoms with Crippen molar-refractivity contribution < 1.29 is 28.8 Å². The van der Waals surface area contributed by atoms with Gasteiger partial charge in [-0.3, -0.25) is 9.32 Å². The number of aromatic hydroxyl groups is 1. The van der Waals surface area contributed by atoms with Crippen molar-refractivity contribution in [2.45, 2.75) is 13.5 Å². The molecule has 12 nitrogen and oxygen atoms in total. The highest BCUT2D eigenvalue weighted by atomic mass is 31.2. The zero-order chi connectivity index (χ0) is 21.0. The molecule has 1 aromatic carbocycles. The molecule has 0 saturated heterocycles. The van der Waals surface area contributed by atoms with Crippen molar-refractivity contribution in [2.75, 3.05) is 0 Å². The average Bonchev–Trinajstić information content (AvgIpc) is 3.22. The van der Waals surface area contributed by atoms with Gasteiger partial charge in [0.2, 0.25) is 0 Å². The lowest BCUT2D eigenvalue weighted by atomic mass is 10.1. The number of phosphoric acid groups is 1. The quantitative estimate of drug-likeness (QED) is 0.254. The SMILES string of the molecule is Cc1nc(N=Nc2ccc(-c3cn[nH]n3)cc2)c(COP(=O)(O)O)c(C=O)c1O. The molecule has 0 aliphatic rings. The van der Waals surface area contributed by atoms with Crippen molar-refractivity contribution in [3.8, 4) is 17.0 Å². The third-order valence-electron chi connectivity index (χ3n) is 3.80. The molecule has 4 N–H and O–H groups in total. The summed E-state index contributed by atoms with van der Waals surface area (Å²) in [6, 6.07) is 6.81. The number of phosphoric ester groups is 1. The summed E-state index contributed by atoms with van der Waals surface area (Å²) in [5, 5.41) is 28.2. The Hall–Kier alpha value is -3.31. The Bertz CT molecular complexity index is 1090. The molecular formula is C16H15N6O6P. The Morgan fingerprint density at radius 2 is 1.97 bits per heavy atom. The van der Waals surface area contributed by atoms with Gasteiger partial charge in [0.05, 0.1) is 29.7 Å². The Labute approximate surface area is 163 Å². The molecule has 0 spiro atoms. The van der Waals surface area contributed by atoms with E-state index in [9.17, 15) is 14.5 Å². The summed E-state index contributed by atoms with van der Waals surface area (Å²) in [5.41, 5.74) is 1.66. The summed E-state index contributed by atoms with van der Waals surface area (Å²) < 4.78 is 15.5. The first-order valence-electron chi connectivity index (χ1n) is 8.04. The number of benzene rings is 1. The topological polar surface area (TPSA) is 183 Å².